The summed E-state index contributed by atoms with van der Waals surface area (Å²) in [5.74, 6) is 0. The van der Waals surface area contributed by atoms with E-state index in [1.165, 1.54) is 12.8 Å². The van der Waals surface area contributed by atoms with Gasteiger partial charge in [0.2, 0.25) is 0 Å². The summed E-state index contributed by atoms with van der Waals surface area (Å²) in [6.45, 7) is 12.1. The molecule has 0 aromatic heterocycles. The number of aliphatic hydroxyl groups is 2. The van der Waals surface area contributed by atoms with Crippen LogP contribution < -0.4 is 34.0 Å². The molecule has 0 saturated carbocycles. The molecule has 2 N–H and O–H groups in total. The number of hydrogen-bond donors (Lipinski definition) is 2. The molecule has 4 aromatic carbocycles. The van der Waals surface area contributed by atoms with Crippen LogP contribution in [0.2, 0.25) is 0 Å². The lowest BCUT2D eigenvalue weighted by Crippen LogP contribution is -3.00. The van der Waals surface area contributed by atoms with Gasteiger partial charge in [0.05, 0.1) is 52.5 Å². The van der Waals surface area contributed by atoms with Gasteiger partial charge in [-0.05, 0) is 60.8 Å². The summed E-state index contributed by atoms with van der Waals surface area (Å²) in [5.41, 5.74) is 2.01. The maximum atomic E-state index is 12.4. The van der Waals surface area contributed by atoms with Crippen LogP contribution in [0.25, 0.3) is 0 Å². The van der Waals surface area contributed by atoms with Gasteiger partial charge in [-0.25, -0.2) is 0 Å². The lowest BCUT2D eigenvalue weighted by atomic mass is 9.56. The molecule has 8 aliphatic rings. The molecule has 0 aliphatic carbocycles. The number of benzene rings is 4. The van der Waals surface area contributed by atoms with E-state index in [0.717, 1.165) is 174 Å². The third-order valence-electron chi connectivity index (χ3n) is 16.7. The molecule has 0 spiro atoms. The van der Waals surface area contributed by atoms with Crippen molar-refractivity contribution in [3.05, 3.63) is 144 Å². The summed E-state index contributed by atoms with van der Waals surface area (Å²) in [6, 6.07) is 41.4. The molecule has 0 radical (unpaired) electrons. The zero-order valence-electron chi connectivity index (χ0n) is 37.9. The Balaban J connectivity index is 0.000000186. The summed E-state index contributed by atoms with van der Waals surface area (Å²) < 4.78 is 25.9. The summed E-state index contributed by atoms with van der Waals surface area (Å²) in [6.07, 6.45) is 13.1. The number of piperidine rings is 6. The zero-order valence-corrected chi connectivity index (χ0v) is 41.0. The van der Waals surface area contributed by atoms with Crippen molar-refractivity contribution in [3.63, 3.8) is 0 Å². The van der Waals surface area contributed by atoms with Crippen molar-refractivity contribution in [1.29, 1.82) is 0 Å². The van der Waals surface area contributed by atoms with Gasteiger partial charge in [0, 0.05) is 62.6 Å². The average Bonchev–Trinajstić information content (AvgIpc) is 3.36. The van der Waals surface area contributed by atoms with E-state index < -0.39 is 11.2 Å². The van der Waals surface area contributed by atoms with Gasteiger partial charge in [-0.2, -0.15) is 0 Å². The van der Waals surface area contributed by atoms with Crippen LogP contribution in [0.1, 0.15) is 99.3 Å². The van der Waals surface area contributed by atoms with Crippen molar-refractivity contribution in [2.45, 2.75) is 101 Å². The Kier molecular flexibility index (Phi) is 16.7. The van der Waals surface area contributed by atoms with Gasteiger partial charge in [0.25, 0.3) is 0 Å². The van der Waals surface area contributed by atoms with E-state index in [1.807, 2.05) is 24.3 Å². The number of fused-ring (bicyclic) bond motifs is 6. The third-order valence-corrected chi connectivity index (χ3v) is 16.7. The van der Waals surface area contributed by atoms with Crippen molar-refractivity contribution < 1.29 is 72.1 Å². The van der Waals surface area contributed by atoms with E-state index >= 15 is 0 Å². The van der Waals surface area contributed by atoms with Crippen LogP contribution in [0.5, 0.6) is 0 Å². The molecule has 8 nitrogen and oxygen atoms in total. The second-order valence-electron chi connectivity index (χ2n) is 19.8. The predicted molar refractivity (Wildman–Crippen MR) is 243 cm³/mol. The summed E-state index contributed by atoms with van der Waals surface area (Å²) >= 11 is 0. The smallest absolute Gasteiger partial charge is 0.157 e. The standard InChI is InChI=1S/2C27H36NO3.2BrH/c2*29-27(23-9-3-1-4-10-23,24-11-5-2-6-12-24)26-14-17-28(18-15-26,19-16-26)20-22-31-25-13-7-8-21-30-25;;/h2*1-6,9-12,25,29H,7-8,13-22H2;2*1H/q2*+1;;/p-2. The van der Waals surface area contributed by atoms with Crippen molar-refractivity contribution in [3.8, 4) is 0 Å². The minimum atomic E-state index is -0.946. The Hall–Kier alpha value is -2.48. The average molecular weight is 1000 g/mol. The maximum Gasteiger partial charge on any atom is 0.157 e. The fourth-order valence-electron chi connectivity index (χ4n) is 12.6. The van der Waals surface area contributed by atoms with Crippen LogP contribution in [-0.4, -0.2) is 111 Å². The van der Waals surface area contributed by atoms with Gasteiger partial charge in [-0.15, -0.1) is 0 Å². The van der Waals surface area contributed by atoms with Crippen LogP contribution in [0.15, 0.2) is 121 Å². The normalized spacial score (nSPS) is 30.0. The second kappa shape index (κ2) is 21.6. The highest BCUT2D eigenvalue weighted by Crippen LogP contribution is 2.59. The molecule has 8 heterocycles. The first-order chi connectivity index (χ1) is 30.3. The van der Waals surface area contributed by atoms with Gasteiger partial charge in [-0.1, -0.05) is 121 Å². The monoisotopic (exact) mass is 1000 g/mol. The maximum absolute atomic E-state index is 12.4. The molecule has 2 unspecified atom stereocenters. The van der Waals surface area contributed by atoms with Crippen LogP contribution in [0.4, 0.5) is 0 Å². The highest BCUT2D eigenvalue weighted by molar-refractivity contribution is 5.41. The van der Waals surface area contributed by atoms with E-state index in [1.54, 1.807) is 0 Å². The van der Waals surface area contributed by atoms with Gasteiger partial charge in [-0.3, -0.25) is 0 Å². The Morgan fingerprint density at radius 2 is 0.734 bits per heavy atom. The van der Waals surface area contributed by atoms with Crippen LogP contribution >= 0.6 is 0 Å². The molecule has 0 amide bonds. The summed E-state index contributed by atoms with van der Waals surface area (Å²) in [4.78, 5) is 0. The molecule has 10 heteroatoms. The zero-order chi connectivity index (χ0) is 42.4. The Morgan fingerprint density at radius 1 is 0.453 bits per heavy atom. The first kappa shape index (κ1) is 49.4. The van der Waals surface area contributed by atoms with Gasteiger partial charge in [0.15, 0.2) is 12.6 Å². The van der Waals surface area contributed by atoms with E-state index in [2.05, 4.69) is 97.1 Å². The molecule has 4 bridgehead atoms. The predicted octanol–water partition coefficient (Wildman–Crippen LogP) is 2.94. The molecule has 348 valence electrons. The molecular weight excluding hydrogens is 932 g/mol. The van der Waals surface area contributed by atoms with Crippen molar-refractivity contribution in [2.75, 3.05) is 78.8 Å². The first-order valence-corrected chi connectivity index (χ1v) is 24.2. The fourth-order valence-corrected chi connectivity index (χ4v) is 12.6. The summed E-state index contributed by atoms with van der Waals surface area (Å²) in [5, 5.41) is 24.9. The number of halogens is 2. The highest BCUT2D eigenvalue weighted by Gasteiger charge is 2.61. The summed E-state index contributed by atoms with van der Waals surface area (Å²) in [7, 11) is 0. The molecule has 8 aliphatic heterocycles. The molecule has 4 aromatic rings. The van der Waals surface area contributed by atoms with E-state index in [-0.39, 0.29) is 57.4 Å². The van der Waals surface area contributed by atoms with Crippen LogP contribution in [0, 0.1) is 10.8 Å². The highest BCUT2D eigenvalue weighted by atomic mass is 79.9. The van der Waals surface area contributed by atoms with Crippen LogP contribution in [0.3, 0.4) is 0 Å². The SMILES string of the molecule is OC(c1ccccc1)(c1ccccc1)C12CC[N+](CCOC3CCCCO3)(CC1)CC2.OC(c1ccccc1)(c1ccccc1)C12CC[N+](CCOC3CCCCO3)(CC1)CC2.[Br-].[Br-]. The van der Waals surface area contributed by atoms with Crippen LogP contribution in [-0.2, 0) is 30.1 Å². The number of ether oxygens (including phenoxy) is 4. The largest absolute Gasteiger partial charge is 1.00 e. The Bertz CT molecular complexity index is 1720. The Morgan fingerprint density at radius 3 is 0.984 bits per heavy atom. The number of quaternary nitrogens is 2. The minimum absolute atomic E-state index is 0. The second-order valence-corrected chi connectivity index (χ2v) is 19.8. The van der Waals surface area contributed by atoms with E-state index in [9.17, 15) is 10.2 Å². The molecule has 8 fully saturated rings. The van der Waals surface area contributed by atoms with E-state index in [4.69, 9.17) is 18.9 Å². The van der Waals surface area contributed by atoms with Gasteiger partial charge in [0.1, 0.15) is 24.3 Å². The minimum Gasteiger partial charge on any atom is -1.00 e. The number of rotatable bonds is 14. The van der Waals surface area contributed by atoms with Gasteiger partial charge >= 0.3 is 0 Å². The lowest BCUT2D eigenvalue weighted by Gasteiger charge is -2.60. The number of nitrogens with zero attached hydrogens (tertiary/aromatic N) is 2. The quantitative estimate of drug-likeness (QED) is 0.190. The topological polar surface area (TPSA) is 77.4 Å². The van der Waals surface area contributed by atoms with Crippen molar-refractivity contribution in [2.24, 2.45) is 10.8 Å². The fraction of sp³-hybridized carbons (Fsp3) is 0.556. The van der Waals surface area contributed by atoms with E-state index in [0.29, 0.717) is 0 Å². The molecule has 2 atom stereocenters. The van der Waals surface area contributed by atoms with Gasteiger partial charge < -0.3 is 72.1 Å². The Labute approximate surface area is 404 Å². The molecule has 8 saturated heterocycles. The molecule has 12 rings (SSSR count). The molecular formula is C54H72Br2N2O6. The van der Waals surface area contributed by atoms with Crippen molar-refractivity contribution in [1.82, 2.24) is 0 Å². The lowest BCUT2D eigenvalue weighted by molar-refractivity contribution is -0.946. The number of hydrogen-bond acceptors (Lipinski definition) is 6. The molecule has 64 heavy (non-hydrogen) atoms. The first-order valence-electron chi connectivity index (χ1n) is 24.2. The third kappa shape index (κ3) is 9.90. The van der Waals surface area contributed by atoms with Crippen molar-refractivity contribution >= 4 is 0 Å².